The first-order chi connectivity index (χ1) is 21.2. The standard InChI is InChI=1S/C30H30F3N9O2/c1-40-38-26(37-39-40)25(19-5-3-2-4-6-19)41-13-15-42(16-14-41)28(43)23-17-20(9-12-34-23)27-35-22-18-21(7-8-24(22)44-27)36-29(10-11-29)30(31,32)33/h2-9,12,17-18,25,36,39H,10-11,13-16H2,1H3,(H,37,38). The van der Waals surface area contributed by atoms with Crippen LogP contribution >= 0.6 is 0 Å². The molecule has 2 aromatic carbocycles. The van der Waals surface area contributed by atoms with Crippen molar-refractivity contribution in [1.82, 2.24) is 35.8 Å². The van der Waals surface area contributed by atoms with Gasteiger partial charge in [-0.3, -0.25) is 20.1 Å². The number of carbonyl (C=O) groups excluding carboxylic acids is 1. The summed E-state index contributed by atoms with van der Waals surface area (Å²) in [6.45, 7) is 2.27. The van der Waals surface area contributed by atoms with Crippen LogP contribution in [0.2, 0.25) is 0 Å². The van der Waals surface area contributed by atoms with Crippen molar-refractivity contribution in [1.29, 1.82) is 0 Å². The van der Waals surface area contributed by atoms with Crippen LogP contribution in [0.25, 0.3) is 22.6 Å². The molecule has 0 radical (unpaired) electrons. The molecule has 7 rings (SSSR count). The van der Waals surface area contributed by atoms with Crippen LogP contribution in [-0.4, -0.2) is 81.6 Å². The SMILES string of the molecule is CN1N=C(C(c2ccccc2)N2CCN(C(=O)c3cc(-c4nc5cc(NC6(C(F)(F)F)CC6)ccc5o4)ccn3)CC2)NN1. The largest absolute Gasteiger partial charge is 0.436 e. The number of fused-ring (bicyclic) bond motifs is 1. The normalized spacial score (nSPS) is 19.0. The zero-order chi connectivity index (χ0) is 30.5. The molecule has 1 saturated carbocycles. The molecule has 228 valence electrons. The number of amides is 1. The van der Waals surface area contributed by atoms with Crippen LogP contribution in [0.1, 0.15) is 34.9 Å². The quantitative estimate of drug-likeness (QED) is 0.286. The first-order valence-electron chi connectivity index (χ1n) is 14.3. The van der Waals surface area contributed by atoms with Gasteiger partial charge < -0.3 is 14.6 Å². The number of nitrogens with one attached hydrogen (secondary N) is 3. The van der Waals surface area contributed by atoms with Gasteiger partial charge in [-0.2, -0.15) is 13.2 Å². The topological polar surface area (TPSA) is 114 Å². The van der Waals surface area contributed by atoms with Crippen LogP contribution in [0.15, 0.2) is 76.4 Å². The molecular formula is C30H30F3N9O2. The minimum Gasteiger partial charge on any atom is -0.436 e. The Balaban J connectivity index is 1.05. The van der Waals surface area contributed by atoms with Crippen molar-refractivity contribution in [2.45, 2.75) is 30.6 Å². The second-order valence-electron chi connectivity index (χ2n) is 11.2. The number of nitrogens with zero attached hydrogens (tertiary/aromatic N) is 6. The molecular weight excluding hydrogens is 575 g/mol. The lowest BCUT2D eigenvalue weighted by molar-refractivity contribution is -0.151. The third-order valence-electron chi connectivity index (χ3n) is 8.23. The summed E-state index contributed by atoms with van der Waals surface area (Å²) in [5.41, 5.74) is 7.32. The smallest absolute Gasteiger partial charge is 0.411 e. The minimum atomic E-state index is -4.33. The van der Waals surface area contributed by atoms with E-state index in [2.05, 4.69) is 48.4 Å². The third kappa shape index (κ3) is 5.30. The number of hydrogen-bond donors (Lipinski definition) is 3. The molecule has 4 aromatic rings. The molecule has 2 aromatic heterocycles. The lowest BCUT2D eigenvalue weighted by Gasteiger charge is -2.39. The van der Waals surface area contributed by atoms with Crippen LogP contribution in [0, 0.1) is 0 Å². The van der Waals surface area contributed by atoms with Gasteiger partial charge >= 0.3 is 6.18 Å². The Morgan fingerprint density at radius 1 is 1.05 bits per heavy atom. The maximum Gasteiger partial charge on any atom is 0.411 e. The summed E-state index contributed by atoms with van der Waals surface area (Å²) >= 11 is 0. The fourth-order valence-corrected chi connectivity index (χ4v) is 5.68. The van der Waals surface area contributed by atoms with Crippen molar-refractivity contribution >= 4 is 28.5 Å². The second-order valence-corrected chi connectivity index (χ2v) is 11.2. The predicted molar refractivity (Wildman–Crippen MR) is 157 cm³/mol. The van der Waals surface area contributed by atoms with E-state index in [1.807, 2.05) is 25.2 Å². The van der Waals surface area contributed by atoms with Gasteiger partial charge in [-0.15, -0.1) is 10.6 Å². The minimum absolute atomic E-state index is 0.0384. The number of hydrazone groups is 1. The molecule has 11 nitrogen and oxygen atoms in total. The highest BCUT2D eigenvalue weighted by atomic mass is 19.4. The molecule has 14 heteroatoms. The lowest BCUT2D eigenvalue weighted by atomic mass is 10.0. The first-order valence-corrected chi connectivity index (χ1v) is 14.3. The van der Waals surface area contributed by atoms with Crippen molar-refractivity contribution in [2.75, 3.05) is 38.5 Å². The van der Waals surface area contributed by atoms with Crippen molar-refractivity contribution in [3.63, 3.8) is 0 Å². The van der Waals surface area contributed by atoms with E-state index in [1.165, 1.54) is 6.20 Å². The molecule has 44 heavy (non-hydrogen) atoms. The van der Waals surface area contributed by atoms with E-state index >= 15 is 0 Å². The molecule has 1 atom stereocenters. The number of aromatic nitrogens is 2. The van der Waals surface area contributed by atoms with E-state index in [0.717, 1.165) is 11.4 Å². The van der Waals surface area contributed by atoms with Crippen LogP contribution < -0.4 is 16.3 Å². The molecule has 3 N–H and O–H groups in total. The maximum absolute atomic E-state index is 13.5. The maximum atomic E-state index is 13.5. The van der Waals surface area contributed by atoms with Gasteiger partial charge in [0.25, 0.3) is 5.91 Å². The number of carbonyl (C=O) groups is 1. The molecule has 4 heterocycles. The van der Waals surface area contributed by atoms with Gasteiger partial charge in [-0.1, -0.05) is 30.3 Å². The number of hydrogen-bond acceptors (Lipinski definition) is 10. The molecule has 1 unspecified atom stereocenters. The monoisotopic (exact) mass is 605 g/mol. The van der Waals surface area contributed by atoms with Gasteiger partial charge in [0, 0.05) is 50.7 Å². The molecule has 3 aliphatic rings. The number of oxazole rings is 1. The average molecular weight is 606 g/mol. The summed E-state index contributed by atoms with van der Waals surface area (Å²) in [6, 6.07) is 18.0. The number of halogens is 3. The van der Waals surface area contributed by atoms with Crippen molar-refractivity contribution < 1.29 is 22.4 Å². The van der Waals surface area contributed by atoms with Crippen molar-refractivity contribution in [2.24, 2.45) is 5.10 Å². The number of alkyl halides is 3. The third-order valence-corrected chi connectivity index (χ3v) is 8.23. The summed E-state index contributed by atoms with van der Waals surface area (Å²) in [5, 5.41) is 8.80. The Hall–Kier alpha value is -4.69. The molecule has 1 aliphatic carbocycles. The van der Waals surface area contributed by atoms with E-state index in [-0.39, 0.29) is 36.4 Å². The fraction of sp³-hybridized carbons (Fsp3) is 0.333. The Labute approximate surface area is 250 Å². The number of amidine groups is 1. The summed E-state index contributed by atoms with van der Waals surface area (Å²) < 4.78 is 46.1. The van der Waals surface area contributed by atoms with Gasteiger partial charge in [-0.05, 0) is 48.7 Å². The number of benzene rings is 2. The Bertz CT molecular complexity index is 1710. The Morgan fingerprint density at radius 3 is 2.50 bits per heavy atom. The van der Waals surface area contributed by atoms with Gasteiger partial charge in [-0.25, -0.2) is 10.1 Å². The van der Waals surface area contributed by atoms with Crippen molar-refractivity contribution in [3.05, 3.63) is 78.1 Å². The highest BCUT2D eigenvalue weighted by Gasteiger charge is 2.63. The first kappa shape index (κ1) is 28.1. The van der Waals surface area contributed by atoms with Gasteiger partial charge in [0.15, 0.2) is 11.4 Å². The lowest BCUT2D eigenvalue weighted by Crippen LogP contribution is -2.52. The van der Waals surface area contributed by atoms with E-state index in [1.54, 1.807) is 40.3 Å². The predicted octanol–water partition coefficient (Wildman–Crippen LogP) is 4.16. The highest BCUT2D eigenvalue weighted by molar-refractivity contribution is 5.93. The number of piperazine rings is 1. The molecule has 2 aliphatic heterocycles. The van der Waals surface area contributed by atoms with Gasteiger partial charge in [0.1, 0.15) is 16.7 Å². The summed E-state index contributed by atoms with van der Waals surface area (Å²) in [6.07, 6.45) is -2.73. The highest BCUT2D eigenvalue weighted by Crippen LogP contribution is 2.51. The number of hydrazine groups is 2. The zero-order valence-corrected chi connectivity index (χ0v) is 23.8. The van der Waals surface area contributed by atoms with Crippen LogP contribution in [0.4, 0.5) is 18.9 Å². The molecule has 2 fully saturated rings. The zero-order valence-electron chi connectivity index (χ0n) is 23.8. The Kier molecular flexibility index (Phi) is 6.89. The number of rotatable bonds is 7. The van der Waals surface area contributed by atoms with E-state index in [4.69, 9.17) is 4.42 Å². The summed E-state index contributed by atoms with van der Waals surface area (Å²) in [4.78, 5) is 26.4. The van der Waals surface area contributed by atoms with Gasteiger partial charge in [0.2, 0.25) is 5.89 Å². The Morgan fingerprint density at radius 2 is 1.82 bits per heavy atom. The molecule has 1 amide bonds. The summed E-state index contributed by atoms with van der Waals surface area (Å²) in [7, 11) is 1.82. The van der Waals surface area contributed by atoms with Crippen LogP contribution in [0.3, 0.4) is 0 Å². The molecule has 1 saturated heterocycles. The van der Waals surface area contributed by atoms with E-state index in [0.29, 0.717) is 48.5 Å². The van der Waals surface area contributed by atoms with Crippen LogP contribution in [-0.2, 0) is 0 Å². The average Bonchev–Trinajstić information content (AvgIpc) is 3.51. The van der Waals surface area contributed by atoms with E-state index in [9.17, 15) is 18.0 Å². The molecule has 0 spiro atoms. The van der Waals surface area contributed by atoms with Crippen molar-refractivity contribution in [3.8, 4) is 11.5 Å². The molecule has 0 bridgehead atoms. The second kappa shape index (κ2) is 10.8. The summed E-state index contributed by atoms with van der Waals surface area (Å²) in [5.74, 6) is 0.830. The fourth-order valence-electron chi connectivity index (χ4n) is 5.68. The number of pyridine rings is 1. The number of anilines is 1. The van der Waals surface area contributed by atoms with Crippen LogP contribution in [0.5, 0.6) is 0 Å². The van der Waals surface area contributed by atoms with E-state index < -0.39 is 11.7 Å². The van der Waals surface area contributed by atoms with Gasteiger partial charge in [0.05, 0.1) is 6.04 Å².